The standard InChI is InChI=1S/C11H14F3NO2/c1-17-9-5-3-2-4-8(9)6-15-7-10(16)11(12,13)14/h2-5,10,15-16H,6-7H2,1H3. The van der Waals surface area contributed by atoms with E-state index in [2.05, 4.69) is 5.32 Å². The Labute approximate surface area is 97.2 Å². The van der Waals surface area contributed by atoms with E-state index in [0.717, 1.165) is 5.56 Å². The summed E-state index contributed by atoms with van der Waals surface area (Å²) in [5, 5.41) is 11.3. The number of alkyl halides is 3. The monoisotopic (exact) mass is 249 g/mol. The molecule has 6 heteroatoms. The van der Waals surface area contributed by atoms with Gasteiger partial charge in [0.1, 0.15) is 5.75 Å². The number of aliphatic hydroxyl groups is 1. The maximum absolute atomic E-state index is 12.0. The highest BCUT2D eigenvalue weighted by atomic mass is 19.4. The van der Waals surface area contributed by atoms with Crippen LogP contribution in [0.15, 0.2) is 24.3 Å². The molecule has 0 aliphatic heterocycles. The number of aliphatic hydroxyl groups excluding tert-OH is 1. The zero-order valence-electron chi connectivity index (χ0n) is 9.29. The lowest BCUT2D eigenvalue weighted by molar-refractivity contribution is -0.201. The fourth-order valence-corrected chi connectivity index (χ4v) is 1.31. The van der Waals surface area contributed by atoms with Crippen LogP contribution < -0.4 is 10.1 Å². The lowest BCUT2D eigenvalue weighted by atomic mass is 10.2. The molecule has 0 amide bonds. The maximum atomic E-state index is 12.0. The molecule has 0 spiro atoms. The Hall–Kier alpha value is -1.27. The van der Waals surface area contributed by atoms with Crippen LogP contribution in [0.5, 0.6) is 5.75 Å². The number of benzene rings is 1. The number of para-hydroxylation sites is 1. The smallest absolute Gasteiger partial charge is 0.415 e. The quantitative estimate of drug-likeness (QED) is 0.834. The highest BCUT2D eigenvalue weighted by molar-refractivity contribution is 5.32. The van der Waals surface area contributed by atoms with Crippen LogP contribution >= 0.6 is 0 Å². The van der Waals surface area contributed by atoms with E-state index >= 15 is 0 Å². The van der Waals surface area contributed by atoms with Gasteiger partial charge in [-0.15, -0.1) is 0 Å². The number of methoxy groups -OCH3 is 1. The summed E-state index contributed by atoms with van der Waals surface area (Å²) < 4.78 is 41.1. The molecule has 0 fully saturated rings. The Morgan fingerprint density at radius 3 is 2.59 bits per heavy atom. The van der Waals surface area contributed by atoms with Gasteiger partial charge in [0, 0.05) is 18.7 Å². The Morgan fingerprint density at radius 2 is 2.00 bits per heavy atom. The van der Waals surface area contributed by atoms with Crippen molar-refractivity contribution >= 4 is 0 Å². The number of rotatable bonds is 5. The minimum Gasteiger partial charge on any atom is -0.496 e. The Kier molecular flexibility index (Phi) is 4.77. The largest absolute Gasteiger partial charge is 0.496 e. The molecule has 0 aromatic heterocycles. The summed E-state index contributed by atoms with van der Waals surface area (Å²) in [6.07, 6.45) is -6.94. The van der Waals surface area contributed by atoms with E-state index in [9.17, 15) is 13.2 Å². The molecule has 0 aliphatic carbocycles. The summed E-state index contributed by atoms with van der Waals surface area (Å²) in [4.78, 5) is 0. The molecule has 1 atom stereocenters. The van der Waals surface area contributed by atoms with Crippen molar-refractivity contribution in [3.05, 3.63) is 29.8 Å². The molecule has 1 rings (SSSR count). The maximum Gasteiger partial charge on any atom is 0.415 e. The van der Waals surface area contributed by atoms with E-state index in [-0.39, 0.29) is 6.54 Å². The second-order valence-corrected chi connectivity index (χ2v) is 3.50. The van der Waals surface area contributed by atoms with Crippen LogP contribution in [0.25, 0.3) is 0 Å². The van der Waals surface area contributed by atoms with Gasteiger partial charge in [0.25, 0.3) is 0 Å². The van der Waals surface area contributed by atoms with Crippen molar-refractivity contribution in [1.82, 2.24) is 5.32 Å². The average Bonchev–Trinajstić information content (AvgIpc) is 2.28. The highest BCUT2D eigenvalue weighted by Gasteiger charge is 2.37. The lowest BCUT2D eigenvalue weighted by Gasteiger charge is -2.15. The van der Waals surface area contributed by atoms with Crippen molar-refractivity contribution in [3.63, 3.8) is 0 Å². The SMILES string of the molecule is COc1ccccc1CNCC(O)C(F)(F)F. The number of nitrogens with one attached hydrogen (secondary N) is 1. The van der Waals surface area contributed by atoms with Crippen molar-refractivity contribution in [1.29, 1.82) is 0 Å². The van der Waals surface area contributed by atoms with Gasteiger partial charge in [0.15, 0.2) is 6.10 Å². The fourth-order valence-electron chi connectivity index (χ4n) is 1.31. The highest BCUT2D eigenvalue weighted by Crippen LogP contribution is 2.20. The van der Waals surface area contributed by atoms with Gasteiger partial charge in [-0.25, -0.2) is 0 Å². The third-order valence-corrected chi connectivity index (χ3v) is 2.22. The van der Waals surface area contributed by atoms with Crippen molar-refractivity contribution in [2.45, 2.75) is 18.8 Å². The molecule has 1 aromatic carbocycles. The minimum atomic E-state index is -4.59. The summed E-state index contributed by atoms with van der Waals surface area (Å²) in [6.45, 7) is -0.335. The summed E-state index contributed by atoms with van der Waals surface area (Å²) in [7, 11) is 1.49. The van der Waals surface area contributed by atoms with Gasteiger partial charge in [0.2, 0.25) is 0 Å². The molecular weight excluding hydrogens is 235 g/mol. The first-order valence-corrected chi connectivity index (χ1v) is 5.02. The molecule has 96 valence electrons. The second kappa shape index (κ2) is 5.88. The molecule has 17 heavy (non-hydrogen) atoms. The Bertz CT molecular complexity index is 355. The zero-order valence-corrected chi connectivity index (χ0v) is 9.29. The van der Waals surface area contributed by atoms with Crippen molar-refractivity contribution in [3.8, 4) is 5.75 Å². The molecule has 0 aliphatic rings. The van der Waals surface area contributed by atoms with Gasteiger partial charge in [-0.2, -0.15) is 13.2 Å². The van der Waals surface area contributed by atoms with E-state index in [1.807, 2.05) is 0 Å². The molecule has 1 aromatic rings. The van der Waals surface area contributed by atoms with Crippen LogP contribution in [0.2, 0.25) is 0 Å². The number of halogens is 3. The van der Waals surface area contributed by atoms with E-state index in [4.69, 9.17) is 9.84 Å². The van der Waals surface area contributed by atoms with Gasteiger partial charge in [-0.05, 0) is 6.07 Å². The zero-order chi connectivity index (χ0) is 12.9. The predicted molar refractivity (Wildman–Crippen MR) is 56.8 cm³/mol. The van der Waals surface area contributed by atoms with Crippen molar-refractivity contribution in [2.24, 2.45) is 0 Å². The van der Waals surface area contributed by atoms with Crippen LogP contribution in [0.3, 0.4) is 0 Å². The van der Waals surface area contributed by atoms with Gasteiger partial charge in [0.05, 0.1) is 7.11 Å². The third kappa shape index (κ3) is 4.24. The molecular formula is C11H14F3NO2. The molecule has 2 N–H and O–H groups in total. The third-order valence-electron chi connectivity index (χ3n) is 2.22. The van der Waals surface area contributed by atoms with Crippen LogP contribution in [-0.2, 0) is 6.54 Å². The lowest BCUT2D eigenvalue weighted by Crippen LogP contribution is -2.38. The van der Waals surface area contributed by atoms with Gasteiger partial charge >= 0.3 is 6.18 Å². The topological polar surface area (TPSA) is 41.5 Å². The first-order chi connectivity index (χ1) is 7.95. The van der Waals surface area contributed by atoms with Gasteiger partial charge in [-0.1, -0.05) is 18.2 Å². The Morgan fingerprint density at radius 1 is 1.35 bits per heavy atom. The minimum absolute atomic E-state index is 0.206. The fraction of sp³-hybridized carbons (Fsp3) is 0.455. The van der Waals surface area contributed by atoms with E-state index in [1.54, 1.807) is 24.3 Å². The molecule has 0 bridgehead atoms. The average molecular weight is 249 g/mol. The normalized spacial score (nSPS) is 13.5. The van der Waals surface area contributed by atoms with Crippen molar-refractivity contribution < 1.29 is 23.0 Å². The molecule has 0 radical (unpaired) electrons. The molecule has 3 nitrogen and oxygen atoms in total. The number of hydrogen-bond acceptors (Lipinski definition) is 3. The predicted octanol–water partition coefficient (Wildman–Crippen LogP) is 1.71. The summed E-state index contributed by atoms with van der Waals surface area (Å²) in [5.41, 5.74) is 0.740. The van der Waals surface area contributed by atoms with Crippen molar-refractivity contribution in [2.75, 3.05) is 13.7 Å². The van der Waals surface area contributed by atoms with Gasteiger partial charge < -0.3 is 15.2 Å². The first kappa shape index (κ1) is 13.8. The molecule has 1 unspecified atom stereocenters. The van der Waals surface area contributed by atoms with Crippen LogP contribution in [0.4, 0.5) is 13.2 Å². The van der Waals surface area contributed by atoms with Crippen LogP contribution in [0.1, 0.15) is 5.56 Å². The summed E-state index contributed by atoms with van der Waals surface area (Å²) in [6, 6.07) is 7.00. The molecule has 0 saturated heterocycles. The van der Waals surface area contributed by atoms with E-state index in [1.165, 1.54) is 7.11 Å². The van der Waals surface area contributed by atoms with E-state index in [0.29, 0.717) is 5.75 Å². The number of hydrogen-bond donors (Lipinski definition) is 2. The van der Waals surface area contributed by atoms with Crippen LogP contribution in [-0.4, -0.2) is 31.0 Å². The van der Waals surface area contributed by atoms with Crippen LogP contribution in [0, 0.1) is 0 Å². The molecule has 0 heterocycles. The second-order valence-electron chi connectivity index (χ2n) is 3.50. The van der Waals surface area contributed by atoms with Gasteiger partial charge in [-0.3, -0.25) is 0 Å². The molecule has 0 saturated carbocycles. The first-order valence-electron chi connectivity index (χ1n) is 5.02. The summed E-state index contributed by atoms with van der Waals surface area (Å²) in [5.74, 6) is 0.599. The number of ether oxygens (including phenoxy) is 1. The summed E-state index contributed by atoms with van der Waals surface area (Å²) >= 11 is 0. The van der Waals surface area contributed by atoms with E-state index < -0.39 is 18.8 Å². The Balaban J connectivity index is 2.46.